The van der Waals surface area contributed by atoms with Gasteiger partial charge in [-0.25, -0.2) is 4.98 Å². The molecule has 9 nitrogen and oxygen atoms in total. The molecule has 2 N–H and O–H groups in total. The molecule has 2 aromatic rings. The van der Waals surface area contributed by atoms with E-state index in [-0.39, 0.29) is 17.9 Å². The average Bonchev–Trinajstić information content (AvgIpc) is 3.59. The third-order valence-corrected chi connectivity index (χ3v) is 8.08. The normalized spacial score (nSPS) is 20.9. The molecule has 5 rings (SSSR count). The molecule has 1 aliphatic carbocycles. The summed E-state index contributed by atoms with van der Waals surface area (Å²) in [5, 5.41) is 6.23. The summed E-state index contributed by atoms with van der Waals surface area (Å²) >= 11 is 0. The number of carbonyl (C=O) groups is 2. The molecule has 198 valence electrons. The Kier molecular flexibility index (Phi) is 7.88. The molecular weight excluding hydrogens is 466 g/mol. The number of carbonyl (C=O) groups excluding carboxylic acids is 2. The second-order valence-corrected chi connectivity index (χ2v) is 10.8. The Labute approximate surface area is 219 Å². The van der Waals surface area contributed by atoms with Crippen LogP contribution in [0.5, 0.6) is 0 Å². The molecule has 3 aliphatic rings. The molecule has 1 aromatic heterocycles. The number of amides is 2. The van der Waals surface area contributed by atoms with Crippen molar-refractivity contribution < 1.29 is 9.59 Å². The van der Waals surface area contributed by atoms with Crippen molar-refractivity contribution in [3.8, 4) is 0 Å². The smallest absolute Gasteiger partial charge is 0.229 e. The first-order valence-corrected chi connectivity index (χ1v) is 13.7. The van der Waals surface area contributed by atoms with Crippen molar-refractivity contribution in [2.75, 3.05) is 47.8 Å². The molecular formula is C28H39N7O2. The van der Waals surface area contributed by atoms with Crippen molar-refractivity contribution in [2.24, 2.45) is 5.92 Å². The maximum absolute atomic E-state index is 12.2. The Morgan fingerprint density at radius 3 is 2.46 bits per heavy atom. The van der Waals surface area contributed by atoms with Crippen LogP contribution in [-0.2, 0) is 16.0 Å². The van der Waals surface area contributed by atoms with Gasteiger partial charge in [0.25, 0.3) is 0 Å². The molecule has 0 radical (unpaired) electrons. The molecule has 2 aliphatic heterocycles. The molecule has 1 aromatic carbocycles. The van der Waals surface area contributed by atoms with E-state index in [9.17, 15) is 9.59 Å². The van der Waals surface area contributed by atoms with Crippen LogP contribution in [0.1, 0.15) is 51.5 Å². The third kappa shape index (κ3) is 5.87. The summed E-state index contributed by atoms with van der Waals surface area (Å²) in [7, 11) is 0. The lowest BCUT2D eigenvalue weighted by molar-refractivity contribution is -0.122. The summed E-state index contributed by atoms with van der Waals surface area (Å²) in [5.74, 6) is 1.04. The number of benzene rings is 1. The van der Waals surface area contributed by atoms with E-state index in [2.05, 4.69) is 63.5 Å². The van der Waals surface area contributed by atoms with Crippen LogP contribution < -0.4 is 20.4 Å². The van der Waals surface area contributed by atoms with Crippen LogP contribution in [-0.4, -0.2) is 72.0 Å². The van der Waals surface area contributed by atoms with Gasteiger partial charge in [-0.2, -0.15) is 4.98 Å². The quantitative estimate of drug-likeness (QED) is 0.505. The fourth-order valence-electron chi connectivity index (χ4n) is 5.80. The van der Waals surface area contributed by atoms with Gasteiger partial charge in [0.05, 0.1) is 0 Å². The molecule has 3 fully saturated rings. The highest BCUT2D eigenvalue weighted by Gasteiger charge is 2.30. The molecule has 1 saturated carbocycles. The van der Waals surface area contributed by atoms with Gasteiger partial charge in [0.2, 0.25) is 18.3 Å². The highest BCUT2D eigenvalue weighted by atomic mass is 16.2. The van der Waals surface area contributed by atoms with E-state index in [0.29, 0.717) is 30.8 Å². The van der Waals surface area contributed by atoms with Gasteiger partial charge in [0.15, 0.2) is 0 Å². The van der Waals surface area contributed by atoms with Crippen LogP contribution in [0.15, 0.2) is 30.5 Å². The zero-order valence-corrected chi connectivity index (χ0v) is 22.0. The van der Waals surface area contributed by atoms with E-state index in [0.717, 1.165) is 75.9 Å². The van der Waals surface area contributed by atoms with Crippen molar-refractivity contribution in [1.82, 2.24) is 20.2 Å². The Morgan fingerprint density at radius 1 is 1.11 bits per heavy atom. The Morgan fingerprint density at radius 2 is 1.84 bits per heavy atom. The van der Waals surface area contributed by atoms with Crippen LogP contribution >= 0.6 is 0 Å². The highest BCUT2D eigenvalue weighted by Crippen LogP contribution is 2.31. The number of hydrogen-bond acceptors (Lipinski definition) is 7. The van der Waals surface area contributed by atoms with Crippen LogP contribution in [0.4, 0.5) is 23.1 Å². The Balaban J connectivity index is 1.32. The molecule has 1 atom stereocenters. The summed E-state index contributed by atoms with van der Waals surface area (Å²) in [6.45, 7) is 9.42. The van der Waals surface area contributed by atoms with Gasteiger partial charge < -0.3 is 15.5 Å². The largest absolute Gasteiger partial charge is 0.369 e. The summed E-state index contributed by atoms with van der Waals surface area (Å²) in [6.07, 6.45) is 8.19. The topological polar surface area (TPSA) is 93.7 Å². The fourth-order valence-corrected chi connectivity index (χ4v) is 5.80. The van der Waals surface area contributed by atoms with Gasteiger partial charge in [-0.3, -0.25) is 19.4 Å². The summed E-state index contributed by atoms with van der Waals surface area (Å²) in [6, 6.07) is 9.11. The van der Waals surface area contributed by atoms with Crippen LogP contribution in [0.25, 0.3) is 0 Å². The van der Waals surface area contributed by atoms with E-state index >= 15 is 0 Å². The minimum atomic E-state index is -0.104. The molecule has 9 heteroatoms. The van der Waals surface area contributed by atoms with Crippen molar-refractivity contribution in [2.45, 2.75) is 64.5 Å². The van der Waals surface area contributed by atoms with E-state index in [1.165, 1.54) is 5.69 Å². The average molecular weight is 506 g/mol. The van der Waals surface area contributed by atoms with E-state index in [4.69, 9.17) is 4.98 Å². The standard InChI is InChI=1S/C28H39N7O2/c1-20(2)33-13-15-34(16-14-33)24-9-7-23(8-10-24)31-28-30-18-22(17-21-11-12-29-27(21)37)26(32-28)35(19-36)25-5-3-4-6-25/h7-10,18-21,25H,3-6,11-17H2,1-2H3,(H,29,37)(H,30,31,32)/t21-/m0/s1. The minimum Gasteiger partial charge on any atom is -0.369 e. The maximum Gasteiger partial charge on any atom is 0.229 e. The van der Waals surface area contributed by atoms with E-state index < -0.39 is 0 Å². The van der Waals surface area contributed by atoms with Gasteiger partial charge in [-0.05, 0) is 63.8 Å². The molecule has 0 bridgehead atoms. The first-order chi connectivity index (χ1) is 18.0. The first kappa shape index (κ1) is 25.4. The SMILES string of the molecule is CC(C)N1CCN(c2ccc(Nc3ncc(C[C@@H]4CCNC4=O)c(N(C=O)C4CCCC4)n3)cc2)CC1. The van der Waals surface area contributed by atoms with Crippen LogP contribution in [0, 0.1) is 5.92 Å². The molecule has 0 unspecified atom stereocenters. The number of anilines is 4. The summed E-state index contributed by atoms with van der Waals surface area (Å²) in [4.78, 5) is 40.5. The first-order valence-electron chi connectivity index (χ1n) is 13.7. The number of hydrogen-bond donors (Lipinski definition) is 2. The minimum absolute atomic E-state index is 0.0670. The van der Waals surface area contributed by atoms with Crippen molar-refractivity contribution in [1.29, 1.82) is 0 Å². The second kappa shape index (κ2) is 11.5. The highest BCUT2D eigenvalue weighted by molar-refractivity contribution is 5.82. The van der Waals surface area contributed by atoms with Gasteiger partial charge in [-0.1, -0.05) is 12.8 Å². The predicted octanol–water partition coefficient (Wildman–Crippen LogP) is 3.33. The second-order valence-electron chi connectivity index (χ2n) is 10.8. The Bertz CT molecular complexity index is 1080. The Hall–Kier alpha value is -3.20. The zero-order chi connectivity index (χ0) is 25.8. The number of nitrogens with zero attached hydrogens (tertiary/aromatic N) is 5. The molecule has 2 amide bonds. The van der Waals surface area contributed by atoms with Gasteiger partial charge >= 0.3 is 0 Å². The molecule has 2 saturated heterocycles. The number of nitrogens with one attached hydrogen (secondary N) is 2. The van der Waals surface area contributed by atoms with Gasteiger partial charge in [0, 0.05) is 73.9 Å². The lowest BCUT2D eigenvalue weighted by atomic mass is 9.99. The van der Waals surface area contributed by atoms with Crippen molar-refractivity contribution >= 4 is 35.5 Å². The van der Waals surface area contributed by atoms with Gasteiger partial charge in [-0.15, -0.1) is 0 Å². The number of aromatic nitrogens is 2. The summed E-state index contributed by atoms with van der Waals surface area (Å²) in [5.41, 5.74) is 2.97. The fraction of sp³-hybridized carbons (Fsp3) is 0.571. The predicted molar refractivity (Wildman–Crippen MR) is 146 cm³/mol. The van der Waals surface area contributed by atoms with Crippen LogP contribution in [0.2, 0.25) is 0 Å². The number of piperazine rings is 1. The molecule has 37 heavy (non-hydrogen) atoms. The molecule has 3 heterocycles. The van der Waals surface area contributed by atoms with Crippen molar-refractivity contribution in [3.05, 3.63) is 36.0 Å². The lowest BCUT2D eigenvalue weighted by Gasteiger charge is -2.38. The summed E-state index contributed by atoms with van der Waals surface area (Å²) < 4.78 is 0. The molecule has 0 spiro atoms. The lowest BCUT2D eigenvalue weighted by Crippen LogP contribution is -2.48. The third-order valence-electron chi connectivity index (χ3n) is 8.08. The maximum atomic E-state index is 12.2. The zero-order valence-electron chi connectivity index (χ0n) is 22.0. The van der Waals surface area contributed by atoms with Crippen molar-refractivity contribution in [3.63, 3.8) is 0 Å². The van der Waals surface area contributed by atoms with Crippen LogP contribution in [0.3, 0.4) is 0 Å². The number of rotatable bonds is 9. The monoisotopic (exact) mass is 505 g/mol. The van der Waals surface area contributed by atoms with E-state index in [1.54, 1.807) is 11.1 Å². The van der Waals surface area contributed by atoms with E-state index in [1.807, 2.05) is 0 Å². The van der Waals surface area contributed by atoms with Gasteiger partial charge in [0.1, 0.15) is 5.82 Å².